The topological polar surface area (TPSA) is 52.8 Å². The first-order valence-electron chi connectivity index (χ1n) is 10.4. The van der Waals surface area contributed by atoms with E-state index in [0.717, 1.165) is 42.7 Å². The van der Waals surface area contributed by atoms with Gasteiger partial charge in [-0.15, -0.1) is 0 Å². The molecule has 3 heteroatoms. The molecule has 2 N–H and O–H groups in total. The Kier molecular flexibility index (Phi) is 4.30. The molecular weight excluding hydrogens is 310 g/mol. The third-order valence-electron chi connectivity index (χ3n) is 8.99. The summed E-state index contributed by atoms with van der Waals surface area (Å²) in [4.78, 5) is 0. The van der Waals surface area contributed by atoms with Gasteiger partial charge in [0.15, 0.2) is 0 Å². The summed E-state index contributed by atoms with van der Waals surface area (Å²) in [5.74, 6) is 3.13. The molecule has 3 fully saturated rings. The summed E-state index contributed by atoms with van der Waals surface area (Å²) in [6.45, 7) is 6.99. The van der Waals surface area contributed by atoms with Crippen LogP contribution in [0.25, 0.3) is 0 Å². The number of oxime groups is 1. The van der Waals surface area contributed by atoms with Gasteiger partial charge in [-0.2, -0.15) is 0 Å². The van der Waals surface area contributed by atoms with Crippen molar-refractivity contribution in [2.45, 2.75) is 84.7 Å². The van der Waals surface area contributed by atoms with Crippen molar-refractivity contribution in [1.29, 1.82) is 0 Å². The first-order chi connectivity index (χ1) is 11.9. The molecule has 1 unspecified atom stereocenters. The maximum Gasteiger partial charge on any atom is 0.0577 e. The van der Waals surface area contributed by atoms with E-state index in [0.29, 0.717) is 16.7 Å². The van der Waals surface area contributed by atoms with Gasteiger partial charge < -0.3 is 10.3 Å². The molecule has 25 heavy (non-hydrogen) atoms. The van der Waals surface area contributed by atoms with E-state index in [1.54, 1.807) is 5.57 Å². The van der Waals surface area contributed by atoms with Crippen LogP contribution in [0.2, 0.25) is 0 Å². The van der Waals surface area contributed by atoms with Crippen LogP contribution in [0.5, 0.6) is 0 Å². The molecule has 3 nitrogen and oxygen atoms in total. The SMILES string of the molecule is C/C(CC1CC[C@H]2[C@@H]3CC=C4C[C@@H](O)CC[C@]4(C)[C@H]3CC[C@]12C)=N\O. The lowest BCUT2D eigenvalue weighted by Crippen LogP contribution is -2.50. The van der Waals surface area contributed by atoms with Gasteiger partial charge in [0.25, 0.3) is 0 Å². The zero-order valence-electron chi connectivity index (χ0n) is 16.2. The number of fused-ring (bicyclic) bond motifs is 5. The molecule has 7 atom stereocenters. The molecule has 3 saturated carbocycles. The maximum absolute atomic E-state index is 10.1. The molecule has 0 radical (unpaired) electrons. The summed E-state index contributed by atoms with van der Waals surface area (Å²) in [5.41, 5.74) is 3.22. The Bertz CT molecular complexity index is 597. The van der Waals surface area contributed by atoms with E-state index in [9.17, 15) is 5.11 Å². The zero-order chi connectivity index (χ0) is 17.8. The minimum absolute atomic E-state index is 0.110. The highest BCUT2D eigenvalue weighted by atomic mass is 16.4. The molecule has 4 aliphatic rings. The van der Waals surface area contributed by atoms with Crippen LogP contribution in [0.15, 0.2) is 16.8 Å². The lowest BCUT2D eigenvalue weighted by molar-refractivity contribution is -0.0488. The standard InChI is InChI=1S/C22H35NO2/c1-14(23-25)12-15-5-7-19-18-6-4-16-13-17(24)8-10-21(16,2)20(18)9-11-22(15,19)3/h4,15,17-20,24-25H,5-13H2,1-3H3/b23-14+/t15?,17-,18-,19-,20-,21-,22+/m0/s1. The summed E-state index contributed by atoms with van der Waals surface area (Å²) >= 11 is 0. The zero-order valence-corrected chi connectivity index (χ0v) is 16.2. The Hall–Kier alpha value is -0.830. The van der Waals surface area contributed by atoms with Crippen LogP contribution < -0.4 is 0 Å². The van der Waals surface area contributed by atoms with E-state index in [2.05, 4.69) is 25.1 Å². The van der Waals surface area contributed by atoms with E-state index in [1.165, 1.54) is 38.5 Å². The molecule has 0 aromatic rings. The number of nitrogens with zero attached hydrogens (tertiary/aromatic N) is 1. The fraction of sp³-hybridized carbons (Fsp3) is 0.864. The summed E-state index contributed by atoms with van der Waals surface area (Å²) < 4.78 is 0. The molecule has 0 spiro atoms. The van der Waals surface area contributed by atoms with E-state index >= 15 is 0 Å². The fourth-order valence-corrected chi connectivity index (χ4v) is 7.48. The predicted octanol–water partition coefficient (Wildman–Crippen LogP) is 5.17. The van der Waals surface area contributed by atoms with Gasteiger partial charge in [-0.3, -0.25) is 0 Å². The second kappa shape index (κ2) is 6.11. The molecule has 0 amide bonds. The van der Waals surface area contributed by atoms with Gasteiger partial charge in [0, 0.05) is 0 Å². The van der Waals surface area contributed by atoms with Crippen molar-refractivity contribution in [2.24, 2.45) is 39.7 Å². The number of hydrogen-bond donors (Lipinski definition) is 2. The van der Waals surface area contributed by atoms with Crippen molar-refractivity contribution in [2.75, 3.05) is 0 Å². The van der Waals surface area contributed by atoms with Gasteiger partial charge in [0.2, 0.25) is 0 Å². The van der Waals surface area contributed by atoms with Gasteiger partial charge in [-0.25, -0.2) is 0 Å². The highest BCUT2D eigenvalue weighted by molar-refractivity contribution is 5.81. The van der Waals surface area contributed by atoms with Gasteiger partial charge >= 0.3 is 0 Å². The highest BCUT2D eigenvalue weighted by Gasteiger charge is 2.58. The lowest BCUT2D eigenvalue weighted by atomic mass is 9.47. The smallest absolute Gasteiger partial charge is 0.0577 e. The van der Waals surface area contributed by atoms with E-state index < -0.39 is 0 Å². The third-order valence-corrected chi connectivity index (χ3v) is 8.99. The van der Waals surface area contributed by atoms with Crippen LogP contribution in [0.4, 0.5) is 0 Å². The average Bonchev–Trinajstić information content (AvgIpc) is 2.92. The Morgan fingerprint density at radius 3 is 2.72 bits per heavy atom. The van der Waals surface area contributed by atoms with Crippen LogP contribution in [-0.2, 0) is 0 Å². The second-order valence-electron chi connectivity index (χ2n) is 10.0. The van der Waals surface area contributed by atoms with E-state index in [1.807, 2.05) is 6.92 Å². The molecule has 4 aliphatic carbocycles. The average molecular weight is 346 g/mol. The van der Waals surface area contributed by atoms with Crippen molar-refractivity contribution in [3.05, 3.63) is 11.6 Å². The predicted molar refractivity (Wildman–Crippen MR) is 101 cm³/mol. The fourth-order valence-electron chi connectivity index (χ4n) is 7.48. The Morgan fingerprint density at radius 2 is 1.96 bits per heavy atom. The maximum atomic E-state index is 10.1. The molecule has 0 saturated heterocycles. The van der Waals surface area contributed by atoms with Crippen molar-refractivity contribution in [3.63, 3.8) is 0 Å². The van der Waals surface area contributed by atoms with Gasteiger partial charge in [0.1, 0.15) is 0 Å². The third kappa shape index (κ3) is 2.60. The van der Waals surface area contributed by atoms with Gasteiger partial charge in [-0.05, 0) is 99.2 Å². The number of rotatable bonds is 2. The molecule has 140 valence electrons. The van der Waals surface area contributed by atoms with E-state index in [4.69, 9.17) is 5.21 Å². The molecule has 0 aliphatic heterocycles. The molecular formula is C22H35NO2. The Morgan fingerprint density at radius 1 is 1.16 bits per heavy atom. The monoisotopic (exact) mass is 345 g/mol. The minimum atomic E-state index is -0.110. The summed E-state index contributed by atoms with van der Waals surface area (Å²) in [5, 5.41) is 22.7. The summed E-state index contributed by atoms with van der Waals surface area (Å²) in [7, 11) is 0. The number of allylic oxidation sites excluding steroid dienone is 1. The van der Waals surface area contributed by atoms with Crippen LogP contribution in [0, 0.1) is 34.5 Å². The first kappa shape index (κ1) is 17.6. The molecule has 4 rings (SSSR count). The molecule has 0 aromatic heterocycles. The van der Waals surface area contributed by atoms with Crippen LogP contribution >= 0.6 is 0 Å². The summed E-state index contributed by atoms with van der Waals surface area (Å²) in [6.07, 6.45) is 13.0. The first-order valence-corrected chi connectivity index (χ1v) is 10.4. The molecule has 0 heterocycles. The minimum Gasteiger partial charge on any atom is -0.411 e. The normalized spacial score (nSPS) is 49.8. The number of hydrogen-bond acceptors (Lipinski definition) is 3. The second-order valence-corrected chi connectivity index (χ2v) is 10.0. The Labute approximate surface area is 152 Å². The number of aliphatic hydroxyl groups excluding tert-OH is 1. The summed E-state index contributed by atoms with van der Waals surface area (Å²) in [6, 6.07) is 0. The highest BCUT2D eigenvalue weighted by Crippen LogP contribution is 2.66. The lowest BCUT2D eigenvalue weighted by Gasteiger charge is -2.58. The van der Waals surface area contributed by atoms with Crippen molar-refractivity contribution < 1.29 is 10.3 Å². The van der Waals surface area contributed by atoms with Crippen molar-refractivity contribution >= 4 is 5.71 Å². The van der Waals surface area contributed by atoms with Crippen LogP contribution in [-0.4, -0.2) is 22.1 Å². The largest absolute Gasteiger partial charge is 0.411 e. The van der Waals surface area contributed by atoms with Gasteiger partial charge in [0.05, 0.1) is 11.8 Å². The van der Waals surface area contributed by atoms with Crippen molar-refractivity contribution in [3.8, 4) is 0 Å². The van der Waals surface area contributed by atoms with E-state index in [-0.39, 0.29) is 6.10 Å². The van der Waals surface area contributed by atoms with Gasteiger partial charge in [-0.1, -0.05) is 30.7 Å². The van der Waals surface area contributed by atoms with Crippen LogP contribution in [0.3, 0.4) is 0 Å². The number of aliphatic hydroxyl groups is 1. The van der Waals surface area contributed by atoms with Crippen molar-refractivity contribution in [1.82, 2.24) is 0 Å². The quantitative estimate of drug-likeness (QED) is 0.314. The van der Waals surface area contributed by atoms with Crippen LogP contribution in [0.1, 0.15) is 78.6 Å². The Balaban J connectivity index is 1.60. The molecule has 0 aromatic carbocycles. The molecule has 0 bridgehead atoms.